The molecule has 0 saturated heterocycles. The Balaban J connectivity index is 1.91. The minimum atomic E-state index is 0.410. The number of benzene rings is 2. The van der Waals surface area contributed by atoms with Crippen molar-refractivity contribution in [3.8, 4) is 0 Å². The lowest BCUT2D eigenvalue weighted by molar-refractivity contribution is 0.550. The van der Waals surface area contributed by atoms with Gasteiger partial charge in [0, 0.05) is 6.54 Å². The molecule has 0 fully saturated rings. The zero-order chi connectivity index (χ0) is 16.1. The Bertz CT molecular complexity index is 611. The quantitative estimate of drug-likeness (QED) is 0.779. The highest BCUT2D eigenvalue weighted by atomic mass is 15.4. The normalized spacial score (nSPS) is 14.9. The molecule has 122 valence electrons. The molecule has 0 saturated carbocycles. The topological polar surface area (TPSA) is 18.5 Å². The van der Waals surface area contributed by atoms with Crippen LogP contribution in [0.2, 0.25) is 0 Å². The summed E-state index contributed by atoms with van der Waals surface area (Å²) in [6.07, 6.45) is 1.11. The van der Waals surface area contributed by atoms with Gasteiger partial charge in [-0.15, -0.1) is 0 Å². The number of hydrogen-bond acceptors (Lipinski definition) is 3. The lowest BCUT2D eigenvalue weighted by Gasteiger charge is -2.31. The molecule has 0 radical (unpaired) electrons. The van der Waals surface area contributed by atoms with Crippen LogP contribution in [0.25, 0.3) is 0 Å². The number of anilines is 2. The lowest BCUT2D eigenvalue weighted by atomic mass is 10.0. The van der Waals surface area contributed by atoms with Crippen LogP contribution in [0.5, 0.6) is 0 Å². The third kappa shape index (κ3) is 3.35. The summed E-state index contributed by atoms with van der Waals surface area (Å²) in [6.45, 7) is 8.49. The molecular formula is C20H27N3. The molecule has 0 aliphatic carbocycles. The smallest absolute Gasteiger partial charge is 0.0910 e. The van der Waals surface area contributed by atoms with E-state index in [2.05, 4.69) is 83.6 Å². The molecule has 0 spiro atoms. The summed E-state index contributed by atoms with van der Waals surface area (Å²) in [5, 5.41) is 3.48. The molecule has 2 aromatic carbocycles. The van der Waals surface area contributed by atoms with Crippen molar-refractivity contribution in [2.75, 3.05) is 36.1 Å². The van der Waals surface area contributed by atoms with Gasteiger partial charge < -0.3 is 15.1 Å². The van der Waals surface area contributed by atoms with Crippen LogP contribution < -0.4 is 15.1 Å². The fourth-order valence-electron chi connectivity index (χ4n) is 3.44. The number of hydrogen-bond donors (Lipinski definition) is 1. The third-order valence-corrected chi connectivity index (χ3v) is 4.64. The van der Waals surface area contributed by atoms with Gasteiger partial charge in [-0.1, -0.05) is 49.4 Å². The number of para-hydroxylation sites is 2. The van der Waals surface area contributed by atoms with E-state index in [1.807, 2.05) is 0 Å². The second-order valence-electron chi connectivity index (χ2n) is 6.02. The van der Waals surface area contributed by atoms with Crippen molar-refractivity contribution in [3.05, 3.63) is 60.2 Å². The molecule has 0 aromatic heterocycles. The zero-order valence-corrected chi connectivity index (χ0v) is 14.2. The first-order chi connectivity index (χ1) is 11.3. The highest BCUT2D eigenvalue weighted by molar-refractivity contribution is 5.76. The fourth-order valence-corrected chi connectivity index (χ4v) is 3.44. The summed E-state index contributed by atoms with van der Waals surface area (Å²) < 4.78 is 0. The molecule has 1 atom stereocenters. The van der Waals surface area contributed by atoms with Crippen LogP contribution in [0.3, 0.4) is 0 Å². The van der Waals surface area contributed by atoms with Gasteiger partial charge in [0.15, 0.2) is 0 Å². The van der Waals surface area contributed by atoms with Crippen molar-refractivity contribution >= 4 is 11.4 Å². The summed E-state index contributed by atoms with van der Waals surface area (Å²) in [5.74, 6) is 0. The van der Waals surface area contributed by atoms with Crippen molar-refractivity contribution < 1.29 is 0 Å². The lowest BCUT2D eigenvalue weighted by Crippen LogP contribution is -2.35. The molecule has 3 nitrogen and oxygen atoms in total. The van der Waals surface area contributed by atoms with E-state index in [4.69, 9.17) is 0 Å². The average molecular weight is 309 g/mol. The number of fused-ring (bicyclic) bond motifs is 1. The monoisotopic (exact) mass is 309 g/mol. The van der Waals surface area contributed by atoms with E-state index in [0.717, 1.165) is 32.7 Å². The molecule has 3 heteroatoms. The summed E-state index contributed by atoms with van der Waals surface area (Å²) in [4.78, 5) is 5.02. The van der Waals surface area contributed by atoms with Crippen molar-refractivity contribution in [1.29, 1.82) is 0 Å². The van der Waals surface area contributed by atoms with E-state index in [0.29, 0.717) is 6.04 Å². The van der Waals surface area contributed by atoms with Crippen molar-refractivity contribution in [2.24, 2.45) is 0 Å². The minimum Gasteiger partial charge on any atom is -0.352 e. The van der Waals surface area contributed by atoms with Crippen LogP contribution in [-0.2, 0) is 0 Å². The summed E-state index contributed by atoms with van der Waals surface area (Å²) in [7, 11) is 0. The maximum absolute atomic E-state index is 3.48. The Morgan fingerprint density at radius 2 is 1.65 bits per heavy atom. The predicted molar refractivity (Wildman–Crippen MR) is 99.2 cm³/mol. The molecule has 1 N–H and O–H groups in total. The van der Waals surface area contributed by atoms with Crippen molar-refractivity contribution in [2.45, 2.75) is 26.3 Å². The van der Waals surface area contributed by atoms with Gasteiger partial charge in [-0.05, 0) is 44.1 Å². The fraction of sp³-hybridized carbons (Fsp3) is 0.400. The maximum Gasteiger partial charge on any atom is 0.0910 e. The Labute approximate surface area is 139 Å². The van der Waals surface area contributed by atoms with E-state index in [-0.39, 0.29) is 0 Å². The van der Waals surface area contributed by atoms with Gasteiger partial charge in [0.1, 0.15) is 0 Å². The SMILES string of the molecule is CCNCC[C@H](c1ccccc1)N1CN(CC)c2ccccc21. The van der Waals surface area contributed by atoms with Gasteiger partial charge in [0.05, 0.1) is 24.1 Å². The standard InChI is InChI=1S/C20H27N3/c1-3-21-15-14-18(17-10-6-5-7-11-17)23-16-22(4-2)19-12-8-9-13-20(19)23/h5-13,18,21H,3-4,14-16H2,1-2H3/t18-/m1/s1. The molecule has 1 aliphatic heterocycles. The number of nitrogens with one attached hydrogen (secondary N) is 1. The minimum absolute atomic E-state index is 0.410. The maximum atomic E-state index is 3.48. The van der Waals surface area contributed by atoms with E-state index in [1.165, 1.54) is 16.9 Å². The molecule has 0 bridgehead atoms. The summed E-state index contributed by atoms with van der Waals surface area (Å²) in [6, 6.07) is 20.1. The van der Waals surface area contributed by atoms with Gasteiger partial charge in [-0.3, -0.25) is 0 Å². The summed E-state index contributed by atoms with van der Waals surface area (Å²) >= 11 is 0. The van der Waals surface area contributed by atoms with E-state index >= 15 is 0 Å². The first-order valence-electron chi connectivity index (χ1n) is 8.71. The first kappa shape index (κ1) is 15.9. The molecule has 1 aliphatic rings. The van der Waals surface area contributed by atoms with Gasteiger partial charge in [0.2, 0.25) is 0 Å². The van der Waals surface area contributed by atoms with Crippen LogP contribution in [0, 0.1) is 0 Å². The van der Waals surface area contributed by atoms with Gasteiger partial charge in [0.25, 0.3) is 0 Å². The van der Waals surface area contributed by atoms with Gasteiger partial charge >= 0.3 is 0 Å². The predicted octanol–water partition coefficient (Wildman–Crippen LogP) is 4.03. The average Bonchev–Trinajstić information content (AvgIpc) is 2.98. The van der Waals surface area contributed by atoms with Crippen LogP contribution in [-0.4, -0.2) is 26.3 Å². The molecule has 2 aromatic rings. The second-order valence-corrected chi connectivity index (χ2v) is 6.02. The Kier molecular flexibility index (Phi) is 5.19. The molecule has 0 amide bonds. The summed E-state index contributed by atoms with van der Waals surface area (Å²) in [5.41, 5.74) is 4.12. The van der Waals surface area contributed by atoms with Crippen LogP contribution in [0.4, 0.5) is 11.4 Å². The Morgan fingerprint density at radius 1 is 0.957 bits per heavy atom. The van der Waals surface area contributed by atoms with Crippen molar-refractivity contribution in [3.63, 3.8) is 0 Å². The first-order valence-corrected chi connectivity index (χ1v) is 8.71. The highest BCUT2D eigenvalue weighted by Gasteiger charge is 2.30. The Morgan fingerprint density at radius 3 is 2.35 bits per heavy atom. The van der Waals surface area contributed by atoms with Crippen molar-refractivity contribution in [1.82, 2.24) is 5.32 Å². The second kappa shape index (κ2) is 7.51. The number of rotatable bonds is 7. The molecule has 23 heavy (non-hydrogen) atoms. The third-order valence-electron chi connectivity index (χ3n) is 4.64. The van der Waals surface area contributed by atoms with Crippen LogP contribution in [0.15, 0.2) is 54.6 Å². The molecule has 0 unspecified atom stereocenters. The molecule has 3 rings (SSSR count). The largest absolute Gasteiger partial charge is 0.352 e. The van der Waals surface area contributed by atoms with Gasteiger partial charge in [-0.25, -0.2) is 0 Å². The highest BCUT2D eigenvalue weighted by Crippen LogP contribution is 2.41. The van der Waals surface area contributed by atoms with Crippen LogP contribution in [0.1, 0.15) is 31.9 Å². The molecule has 1 heterocycles. The Hall–Kier alpha value is -2.00. The van der Waals surface area contributed by atoms with E-state index in [1.54, 1.807) is 0 Å². The van der Waals surface area contributed by atoms with E-state index in [9.17, 15) is 0 Å². The van der Waals surface area contributed by atoms with Gasteiger partial charge in [-0.2, -0.15) is 0 Å². The van der Waals surface area contributed by atoms with E-state index < -0.39 is 0 Å². The zero-order valence-electron chi connectivity index (χ0n) is 14.2. The number of nitrogens with zero attached hydrogens (tertiary/aromatic N) is 2. The van der Waals surface area contributed by atoms with Crippen LogP contribution >= 0.6 is 0 Å². The molecular weight excluding hydrogens is 282 g/mol.